The Balaban J connectivity index is 2.28. The van der Waals surface area contributed by atoms with Crippen LogP contribution in [0.25, 0.3) is 22.6 Å². The highest BCUT2D eigenvalue weighted by Crippen LogP contribution is 2.29. The minimum atomic E-state index is 0.265. The number of nitrogens with zero attached hydrogens (tertiary/aromatic N) is 3. The number of hydrogen-bond acceptors (Lipinski definition) is 4. The summed E-state index contributed by atoms with van der Waals surface area (Å²) in [4.78, 5) is 9.11. The summed E-state index contributed by atoms with van der Waals surface area (Å²) in [6.45, 7) is 4.25. The second kappa shape index (κ2) is 5.09. The van der Waals surface area contributed by atoms with Crippen molar-refractivity contribution in [2.24, 2.45) is 0 Å². The number of pyridine rings is 1. The molecule has 1 aromatic carbocycles. The van der Waals surface area contributed by atoms with Crippen molar-refractivity contribution in [2.75, 3.05) is 12.8 Å². The van der Waals surface area contributed by atoms with Crippen molar-refractivity contribution in [1.82, 2.24) is 14.5 Å². The maximum absolute atomic E-state index is 5.79. The number of rotatable bonds is 3. The summed E-state index contributed by atoms with van der Waals surface area (Å²) in [5.74, 6) is 2.11. The van der Waals surface area contributed by atoms with Gasteiger partial charge in [-0.1, -0.05) is 6.07 Å². The van der Waals surface area contributed by atoms with Gasteiger partial charge in [-0.05, 0) is 38.1 Å². The van der Waals surface area contributed by atoms with Crippen LogP contribution in [-0.2, 0) is 0 Å². The Morgan fingerprint density at radius 3 is 2.62 bits per heavy atom. The van der Waals surface area contributed by atoms with Crippen molar-refractivity contribution in [3.05, 3.63) is 36.4 Å². The Morgan fingerprint density at radius 1 is 1.14 bits per heavy atom. The predicted octanol–water partition coefficient (Wildman–Crippen LogP) is 3.27. The molecule has 0 aliphatic rings. The maximum atomic E-state index is 5.79. The molecule has 0 fully saturated rings. The van der Waals surface area contributed by atoms with E-state index in [1.54, 1.807) is 13.2 Å². The molecular weight excluding hydrogens is 264 g/mol. The molecule has 0 saturated heterocycles. The lowest BCUT2D eigenvalue weighted by Crippen LogP contribution is -2.04. The molecule has 0 unspecified atom stereocenters. The lowest BCUT2D eigenvalue weighted by molar-refractivity contribution is 0.415. The highest BCUT2D eigenvalue weighted by Gasteiger charge is 2.16. The number of aromatic nitrogens is 3. The normalized spacial score (nSPS) is 11.2. The summed E-state index contributed by atoms with van der Waals surface area (Å²) in [7, 11) is 1.65. The molecule has 0 saturated carbocycles. The summed E-state index contributed by atoms with van der Waals surface area (Å²) in [5.41, 5.74) is 8.52. The fourth-order valence-corrected chi connectivity index (χ4v) is 2.48. The number of methoxy groups -OCH3 is 1. The molecule has 108 valence electrons. The largest absolute Gasteiger partial charge is 0.497 e. The third-order valence-corrected chi connectivity index (χ3v) is 3.41. The van der Waals surface area contributed by atoms with Gasteiger partial charge in [-0.2, -0.15) is 0 Å². The first-order chi connectivity index (χ1) is 10.1. The fourth-order valence-electron chi connectivity index (χ4n) is 2.48. The van der Waals surface area contributed by atoms with Crippen molar-refractivity contribution in [3.63, 3.8) is 0 Å². The van der Waals surface area contributed by atoms with Crippen LogP contribution in [-0.4, -0.2) is 21.6 Å². The molecular formula is C16H18N4O. The quantitative estimate of drug-likeness (QED) is 0.800. The number of ether oxygens (including phenoxy) is 1. The minimum Gasteiger partial charge on any atom is -0.497 e. The van der Waals surface area contributed by atoms with E-state index in [0.29, 0.717) is 5.82 Å². The van der Waals surface area contributed by atoms with Gasteiger partial charge in [0, 0.05) is 12.1 Å². The zero-order valence-electron chi connectivity index (χ0n) is 12.4. The minimum absolute atomic E-state index is 0.265. The number of imidazole rings is 1. The van der Waals surface area contributed by atoms with Crippen molar-refractivity contribution < 1.29 is 4.74 Å². The first-order valence-corrected chi connectivity index (χ1v) is 6.89. The molecule has 2 heterocycles. The second-order valence-corrected chi connectivity index (χ2v) is 5.20. The first kappa shape index (κ1) is 13.4. The monoisotopic (exact) mass is 282 g/mol. The average molecular weight is 282 g/mol. The number of hydrogen-bond donors (Lipinski definition) is 1. The van der Waals surface area contributed by atoms with Crippen LogP contribution in [0.5, 0.6) is 5.75 Å². The second-order valence-electron chi connectivity index (χ2n) is 5.20. The Labute approximate surface area is 123 Å². The summed E-state index contributed by atoms with van der Waals surface area (Å²) in [6.07, 6.45) is 0. The van der Waals surface area contributed by atoms with Gasteiger partial charge in [-0.25, -0.2) is 9.97 Å². The van der Waals surface area contributed by atoms with Gasteiger partial charge in [-0.15, -0.1) is 0 Å². The van der Waals surface area contributed by atoms with E-state index < -0.39 is 0 Å². The van der Waals surface area contributed by atoms with Crippen molar-refractivity contribution in [1.29, 1.82) is 0 Å². The predicted molar refractivity (Wildman–Crippen MR) is 84.3 cm³/mol. The van der Waals surface area contributed by atoms with Crippen LogP contribution in [0, 0.1) is 0 Å². The summed E-state index contributed by atoms with van der Waals surface area (Å²) in [5, 5.41) is 0. The Kier molecular flexibility index (Phi) is 3.25. The third kappa shape index (κ3) is 2.31. The highest BCUT2D eigenvalue weighted by molar-refractivity contribution is 5.81. The Morgan fingerprint density at radius 2 is 1.95 bits per heavy atom. The summed E-state index contributed by atoms with van der Waals surface area (Å²) < 4.78 is 7.44. The maximum Gasteiger partial charge on any atom is 0.160 e. The van der Waals surface area contributed by atoms with Crippen LogP contribution in [0.15, 0.2) is 36.4 Å². The van der Waals surface area contributed by atoms with Crippen molar-refractivity contribution >= 4 is 16.9 Å². The number of nitrogen functional groups attached to an aromatic ring is 1. The SMILES string of the molecule is COc1ccc2c(c1)nc(-c1cccc(N)n1)n2C(C)C. The topological polar surface area (TPSA) is 66.0 Å². The van der Waals surface area contributed by atoms with Gasteiger partial charge < -0.3 is 15.0 Å². The molecule has 0 atom stereocenters. The van der Waals surface area contributed by atoms with E-state index in [0.717, 1.165) is 28.3 Å². The van der Waals surface area contributed by atoms with E-state index in [1.165, 1.54) is 0 Å². The van der Waals surface area contributed by atoms with Gasteiger partial charge in [0.2, 0.25) is 0 Å². The van der Waals surface area contributed by atoms with Crippen LogP contribution < -0.4 is 10.5 Å². The average Bonchev–Trinajstić information content (AvgIpc) is 2.85. The lowest BCUT2D eigenvalue weighted by atomic mass is 10.2. The fraction of sp³-hybridized carbons (Fsp3) is 0.250. The third-order valence-electron chi connectivity index (χ3n) is 3.41. The van der Waals surface area contributed by atoms with E-state index in [4.69, 9.17) is 15.5 Å². The standard InChI is InChI=1S/C16H18N4O/c1-10(2)20-14-8-7-11(21-3)9-13(14)19-16(20)12-5-4-6-15(17)18-12/h4-10H,1-3H3,(H2,17,18). The molecule has 2 N–H and O–H groups in total. The van der Waals surface area contributed by atoms with Crippen LogP contribution in [0.1, 0.15) is 19.9 Å². The Bertz CT molecular complexity index is 792. The molecule has 3 aromatic rings. The molecule has 3 rings (SSSR count). The van der Waals surface area contributed by atoms with Crippen LogP contribution in [0.3, 0.4) is 0 Å². The van der Waals surface area contributed by atoms with Crippen LogP contribution in [0.4, 0.5) is 5.82 Å². The number of fused-ring (bicyclic) bond motifs is 1. The number of benzene rings is 1. The zero-order chi connectivity index (χ0) is 15.0. The van der Waals surface area contributed by atoms with E-state index >= 15 is 0 Å². The molecule has 2 aromatic heterocycles. The molecule has 5 heteroatoms. The molecule has 0 spiro atoms. The summed E-state index contributed by atoms with van der Waals surface area (Å²) >= 11 is 0. The van der Waals surface area contributed by atoms with Gasteiger partial charge >= 0.3 is 0 Å². The van der Waals surface area contributed by atoms with Gasteiger partial charge in [0.05, 0.1) is 18.1 Å². The molecule has 0 aliphatic heterocycles. The molecule has 5 nitrogen and oxygen atoms in total. The van der Waals surface area contributed by atoms with E-state index in [9.17, 15) is 0 Å². The van der Waals surface area contributed by atoms with Crippen LogP contribution >= 0.6 is 0 Å². The molecule has 21 heavy (non-hydrogen) atoms. The highest BCUT2D eigenvalue weighted by atomic mass is 16.5. The van der Waals surface area contributed by atoms with Gasteiger partial charge in [0.25, 0.3) is 0 Å². The zero-order valence-corrected chi connectivity index (χ0v) is 12.4. The Hall–Kier alpha value is -2.56. The van der Waals surface area contributed by atoms with Crippen LogP contribution in [0.2, 0.25) is 0 Å². The van der Waals surface area contributed by atoms with E-state index in [1.807, 2.05) is 30.3 Å². The smallest absolute Gasteiger partial charge is 0.160 e. The number of anilines is 1. The van der Waals surface area contributed by atoms with Gasteiger partial charge in [0.15, 0.2) is 5.82 Å². The molecule has 0 radical (unpaired) electrons. The molecule has 0 bridgehead atoms. The van der Waals surface area contributed by atoms with Crippen molar-refractivity contribution in [3.8, 4) is 17.3 Å². The molecule has 0 amide bonds. The van der Waals surface area contributed by atoms with Crippen molar-refractivity contribution in [2.45, 2.75) is 19.9 Å². The first-order valence-electron chi connectivity index (χ1n) is 6.89. The van der Waals surface area contributed by atoms with E-state index in [2.05, 4.69) is 23.4 Å². The summed E-state index contributed by atoms with van der Waals surface area (Å²) in [6, 6.07) is 11.8. The van der Waals surface area contributed by atoms with Gasteiger partial charge in [-0.3, -0.25) is 0 Å². The lowest BCUT2D eigenvalue weighted by Gasteiger charge is -2.13. The molecule has 0 aliphatic carbocycles. The van der Waals surface area contributed by atoms with Gasteiger partial charge in [0.1, 0.15) is 17.3 Å². The van der Waals surface area contributed by atoms with E-state index in [-0.39, 0.29) is 6.04 Å². The number of nitrogens with two attached hydrogens (primary N) is 1.